The second-order valence-electron chi connectivity index (χ2n) is 4.64. The summed E-state index contributed by atoms with van der Waals surface area (Å²) in [6.07, 6.45) is 4.99. The molecular formula is C11H23N3O. The average molecular weight is 213 g/mol. The van der Waals surface area contributed by atoms with Crippen LogP contribution in [-0.4, -0.2) is 43.5 Å². The molecule has 0 aromatic heterocycles. The molecule has 3 N–H and O–H groups in total. The van der Waals surface area contributed by atoms with Gasteiger partial charge in [-0.2, -0.15) is 0 Å². The summed E-state index contributed by atoms with van der Waals surface area (Å²) in [4.78, 5) is 13.7. The standard InChI is InChI=1S/C11H23N3O/c1-14(2)11(6-4-7-11)9-13-10(15)5-3-8-12/h3-9,12H2,1-2H3,(H,13,15). The van der Waals surface area contributed by atoms with Crippen LogP contribution in [0.1, 0.15) is 32.1 Å². The Kier molecular flexibility index (Phi) is 4.54. The smallest absolute Gasteiger partial charge is 0.220 e. The fourth-order valence-electron chi connectivity index (χ4n) is 1.98. The maximum Gasteiger partial charge on any atom is 0.220 e. The molecule has 0 bridgehead atoms. The molecule has 88 valence electrons. The van der Waals surface area contributed by atoms with Crippen LogP contribution in [0, 0.1) is 0 Å². The predicted octanol–water partition coefficient (Wildman–Crippen LogP) is 0.326. The summed E-state index contributed by atoms with van der Waals surface area (Å²) < 4.78 is 0. The Hall–Kier alpha value is -0.610. The molecule has 0 aliphatic heterocycles. The van der Waals surface area contributed by atoms with E-state index in [9.17, 15) is 4.79 Å². The maximum atomic E-state index is 11.4. The summed E-state index contributed by atoms with van der Waals surface area (Å²) in [5, 5.41) is 3.01. The molecule has 15 heavy (non-hydrogen) atoms. The SMILES string of the molecule is CN(C)C1(CNC(=O)CCCN)CCC1. The van der Waals surface area contributed by atoms with Crippen LogP contribution >= 0.6 is 0 Å². The van der Waals surface area contributed by atoms with Crippen LogP contribution in [-0.2, 0) is 4.79 Å². The van der Waals surface area contributed by atoms with Crippen LogP contribution in [0.25, 0.3) is 0 Å². The highest BCUT2D eigenvalue weighted by Gasteiger charge is 2.38. The van der Waals surface area contributed by atoms with Gasteiger partial charge in [-0.3, -0.25) is 4.79 Å². The molecular weight excluding hydrogens is 190 g/mol. The monoisotopic (exact) mass is 213 g/mol. The molecule has 1 rings (SSSR count). The third-order valence-corrected chi connectivity index (χ3v) is 3.46. The second kappa shape index (κ2) is 5.47. The third-order valence-electron chi connectivity index (χ3n) is 3.46. The zero-order chi connectivity index (χ0) is 11.3. The summed E-state index contributed by atoms with van der Waals surface area (Å²) in [5.74, 6) is 0.133. The summed E-state index contributed by atoms with van der Waals surface area (Å²) in [5.41, 5.74) is 5.58. The van der Waals surface area contributed by atoms with Crippen molar-refractivity contribution in [3.63, 3.8) is 0 Å². The highest BCUT2D eigenvalue weighted by molar-refractivity contribution is 5.75. The number of nitrogens with zero attached hydrogens (tertiary/aromatic N) is 1. The molecule has 1 fully saturated rings. The Morgan fingerprint density at radius 2 is 2.13 bits per heavy atom. The van der Waals surface area contributed by atoms with Crippen molar-refractivity contribution in [3.8, 4) is 0 Å². The lowest BCUT2D eigenvalue weighted by atomic mass is 9.75. The third kappa shape index (κ3) is 3.18. The molecule has 1 aliphatic carbocycles. The average Bonchev–Trinajstić information content (AvgIpc) is 2.12. The van der Waals surface area contributed by atoms with Crippen molar-refractivity contribution in [3.05, 3.63) is 0 Å². The van der Waals surface area contributed by atoms with E-state index >= 15 is 0 Å². The number of amides is 1. The van der Waals surface area contributed by atoms with Crippen molar-refractivity contribution in [2.45, 2.75) is 37.6 Å². The van der Waals surface area contributed by atoms with Gasteiger partial charge in [0.15, 0.2) is 0 Å². The van der Waals surface area contributed by atoms with Crippen LogP contribution in [0.4, 0.5) is 0 Å². The fourth-order valence-corrected chi connectivity index (χ4v) is 1.98. The highest BCUT2D eigenvalue weighted by Crippen LogP contribution is 2.35. The molecule has 0 saturated heterocycles. The van der Waals surface area contributed by atoms with Crippen molar-refractivity contribution in [1.82, 2.24) is 10.2 Å². The minimum atomic E-state index is 0.133. The number of carbonyl (C=O) groups is 1. The number of hydrogen-bond acceptors (Lipinski definition) is 3. The first-order valence-electron chi connectivity index (χ1n) is 5.75. The summed E-state index contributed by atoms with van der Waals surface area (Å²) in [6, 6.07) is 0. The van der Waals surface area contributed by atoms with Gasteiger partial charge in [-0.25, -0.2) is 0 Å². The Morgan fingerprint density at radius 3 is 2.53 bits per heavy atom. The first-order valence-corrected chi connectivity index (χ1v) is 5.75. The predicted molar refractivity (Wildman–Crippen MR) is 61.6 cm³/mol. The van der Waals surface area contributed by atoms with E-state index in [1.54, 1.807) is 0 Å². The van der Waals surface area contributed by atoms with Gasteiger partial charge >= 0.3 is 0 Å². The van der Waals surface area contributed by atoms with Crippen LogP contribution in [0.3, 0.4) is 0 Å². The Balaban J connectivity index is 2.25. The lowest BCUT2D eigenvalue weighted by Crippen LogP contribution is -2.57. The Labute approximate surface area is 92.2 Å². The van der Waals surface area contributed by atoms with E-state index in [4.69, 9.17) is 5.73 Å². The Bertz CT molecular complexity index is 212. The van der Waals surface area contributed by atoms with Gasteiger partial charge in [0.1, 0.15) is 0 Å². The maximum absolute atomic E-state index is 11.4. The lowest BCUT2D eigenvalue weighted by Gasteiger charge is -2.47. The van der Waals surface area contributed by atoms with Gasteiger partial charge in [0.2, 0.25) is 5.91 Å². The van der Waals surface area contributed by atoms with Gasteiger partial charge in [0.25, 0.3) is 0 Å². The molecule has 0 radical (unpaired) electrons. The van der Waals surface area contributed by atoms with Gasteiger partial charge in [-0.15, -0.1) is 0 Å². The minimum absolute atomic E-state index is 0.133. The molecule has 0 aromatic rings. The van der Waals surface area contributed by atoms with E-state index < -0.39 is 0 Å². The van der Waals surface area contributed by atoms with Gasteiger partial charge in [-0.1, -0.05) is 0 Å². The zero-order valence-corrected chi connectivity index (χ0v) is 9.88. The summed E-state index contributed by atoms with van der Waals surface area (Å²) in [7, 11) is 4.18. The Morgan fingerprint density at radius 1 is 1.47 bits per heavy atom. The number of nitrogens with one attached hydrogen (secondary N) is 1. The minimum Gasteiger partial charge on any atom is -0.354 e. The molecule has 1 saturated carbocycles. The van der Waals surface area contributed by atoms with E-state index in [-0.39, 0.29) is 11.4 Å². The zero-order valence-electron chi connectivity index (χ0n) is 9.88. The van der Waals surface area contributed by atoms with E-state index in [0.717, 1.165) is 13.0 Å². The first kappa shape index (κ1) is 12.5. The topological polar surface area (TPSA) is 58.4 Å². The van der Waals surface area contributed by atoms with Crippen molar-refractivity contribution >= 4 is 5.91 Å². The molecule has 0 spiro atoms. The van der Waals surface area contributed by atoms with Crippen LogP contribution in [0.15, 0.2) is 0 Å². The molecule has 1 aliphatic rings. The number of rotatable bonds is 6. The highest BCUT2D eigenvalue weighted by atomic mass is 16.1. The van der Waals surface area contributed by atoms with Crippen molar-refractivity contribution in [2.24, 2.45) is 5.73 Å². The molecule has 0 unspecified atom stereocenters. The summed E-state index contributed by atoms with van der Waals surface area (Å²) in [6.45, 7) is 1.37. The normalized spacial score (nSPS) is 18.7. The van der Waals surface area contributed by atoms with Crippen molar-refractivity contribution in [1.29, 1.82) is 0 Å². The van der Waals surface area contributed by atoms with Crippen molar-refractivity contribution < 1.29 is 4.79 Å². The van der Waals surface area contributed by atoms with Crippen LogP contribution in [0.5, 0.6) is 0 Å². The van der Waals surface area contributed by atoms with Gasteiger partial charge < -0.3 is 16.0 Å². The van der Waals surface area contributed by atoms with E-state index in [2.05, 4.69) is 24.3 Å². The lowest BCUT2D eigenvalue weighted by molar-refractivity contribution is -0.122. The number of nitrogens with two attached hydrogens (primary N) is 1. The summed E-state index contributed by atoms with van der Waals surface area (Å²) >= 11 is 0. The fraction of sp³-hybridized carbons (Fsp3) is 0.909. The van der Waals surface area contributed by atoms with E-state index in [1.807, 2.05) is 0 Å². The molecule has 0 atom stereocenters. The molecule has 0 aromatic carbocycles. The van der Waals surface area contributed by atoms with Crippen LogP contribution < -0.4 is 11.1 Å². The first-order chi connectivity index (χ1) is 7.10. The number of likely N-dealkylation sites (N-methyl/N-ethyl adjacent to an activating group) is 1. The number of carbonyl (C=O) groups excluding carboxylic acids is 1. The molecule has 0 heterocycles. The van der Waals surface area contributed by atoms with Crippen LogP contribution in [0.2, 0.25) is 0 Å². The largest absolute Gasteiger partial charge is 0.354 e. The molecule has 1 amide bonds. The van der Waals surface area contributed by atoms with E-state index in [1.165, 1.54) is 19.3 Å². The molecule has 4 nitrogen and oxygen atoms in total. The van der Waals surface area contributed by atoms with Gasteiger partial charge in [-0.05, 0) is 46.3 Å². The number of hydrogen-bond donors (Lipinski definition) is 2. The van der Waals surface area contributed by atoms with E-state index in [0.29, 0.717) is 13.0 Å². The van der Waals surface area contributed by atoms with Crippen molar-refractivity contribution in [2.75, 3.05) is 27.2 Å². The quantitative estimate of drug-likeness (QED) is 0.668. The molecule has 4 heteroatoms. The van der Waals surface area contributed by atoms with Gasteiger partial charge in [0, 0.05) is 18.5 Å². The van der Waals surface area contributed by atoms with Gasteiger partial charge in [0.05, 0.1) is 0 Å². The second-order valence-corrected chi connectivity index (χ2v) is 4.64.